The van der Waals surface area contributed by atoms with Crippen molar-refractivity contribution in [2.45, 2.75) is 72.6 Å². The molecule has 110 valence electrons. The van der Waals surface area contributed by atoms with Crippen molar-refractivity contribution in [2.75, 3.05) is 0 Å². The van der Waals surface area contributed by atoms with E-state index < -0.39 is 27.8 Å². The van der Waals surface area contributed by atoms with Crippen molar-refractivity contribution >= 4 is 27.8 Å². The second-order valence-electron chi connectivity index (χ2n) is 5.17. The maximum absolute atomic E-state index is 9.33. The number of unbranched alkanes of at least 4 members (excludes halogenated alkanes) is 3. The van der Waals surface area contributed by atoms with Gasteiger partial charge in [0, 0.05) is 0 Å². The zero-order valence-corrected chi connectivity index (χ0v) is 16.0. The zero-order valence-electron chi connectivity index (χ0n) is 12.1. The van der Waals surface area contributed by atoms with Gasteiger partial charge in [-0.25, -0.2) is 0 Å². The Morgan fingerprint density at radius 2 is 1.11 bits per heavy atom. The van der Waals surface area contributed by atoms with E-state index in [9.17, 15) is 14.4 Å². The van der Waals surface area contributed by atoms with Crippen molar-refractivity contribution in [3.63, 3.8) is 0 Å². The summed E-state index contributed by atoms with van der Waals surface area (Å²) in [6, 6.07) is 0. The second-order valence-corrected chi connectivity index (χ2v) is 19.3. The molecule has 0 aromatic rings. The van der Waals surface area contributed by atoms with Crippen LogP contribution in [0.5, 0.6) is 0 Å². The molecule has 6 heteroatoms. The van der Waals surface area contributed by atoms with Gasteiger partial charge in [0.25, 0.3) is 0 Å². The maximum atomic E-state index is 9.33. The second kappa shape index (κ2) is 9.71. The molecular weight excluding hydrogens is 355 g/mol. The van der Waals surface area contributed by atoms with E-state index in [0.717, 1.165) is 51.8 Å². The molecule has 0 heterocycles. The van der Waals surface area contributed by atoms with Gasteiger partial charge < -0.3 is 0 Å². The van der Waals surface area contributed by atoms with Crippen molar-refractivity contribution < 1.29 is 17.2 Å². The number of hydrogen-bond donors (Lipinski definition) is 3. The average molecular weight is 385 g/mol. The quantitative estimate of drug-likeness (QED) is 0.479. The van der Waals surface area contributed by atoms with E-state index >= 15 is 0 Å². The van der Waals surface area contributed by atoms with Crippen molar-refractivity contribution in [3.8, 4) is 0 Å². The first kappa shape index (κ1) is 18.9. The zero-order chi connectivity index (χ0) is 14.1. The first-order valence-electron chi connectivity index (χ1n) is 7.26. The predicted molar refractivity (Wildman–Crippen MR) is 78.4 cm³/mol. The fourth-order valence-corrected chi connectivity index (χ4v) is 21.5. The van der Waals surface area contributed by atoms with Crippen LogP contribution in [0.4, 0.5) is 0 Å². The molecule has 0 bridgehead atoms. The summed E-state index contributed by atoms with van der Waals surface area (Å²) in [6.45, 7) is 6.41. The Hall–Kier alpha value is 0.856. The third-order valence-corrected chi connectivity index (χ3v) is 20.9. The summed E-state index contributed by atoms with van der Waals surface area (Å²) in [5, 5.41) is 0. The molecule has 4 nitrogen and oxygen atoms in total. The van der Waals surface area contributed by atoms with E-state index in [0.29, 0.717) is 0 Å². The molecule has 0 aromatic heterocycles. The van der Waals surface area contributed by atoms with Crippen LogP contribution in [-0.2, 0) is 2.76 Å². The summed E-state index contributed by atoms with van der Waals surface area (Å²) in [4.78, 5) is 28.0. The van der Waals surface area contributed by atoms with E-state index in [1.54, 1.807) is 0 Å². The van der Waals surface area contributed by atoms with E-state index in [-0.39, 0.29) is 0 Å². The van der Waals surface area contributed by atoms with Gasteiger partial charge in [0.1, 0.15) is 0 Å². The molecule has 0 amide bonds. The van der Waals surface area contributed by atoms with Crippen LogP contribution in [0.25, 0.3) is 0 Å². The van der Waals surface area contributed by atoms with E-state index in [1.807, 2.05) is 0 Å². The van der Waals surface area contributed by atoms with Gasteiger partial charge in [-0.1, -0.05) is 0 Å². The summed E-state index contributed by atoms with van der Waals surface area (Å²) in [5.41, 5.74) is 0. The molecule has 0 aliphatic carbocycles. The molecule has 0 saturated carbocycles. The molecule has 0 rings (SSSR count). The molecule has 0 unspecified atom stereocenters. The summed E-state index contributed by atoms with van der Waals surface area (Å²) in [7, 11) is -4.35. The SMILES string of the molecule is CCC[CH2][Sn]([CH2]CCC)([CH2]CCC)[O][Si](O)(O)O. The van der Waals surface area contributed by atoms with Gasteiger partial charge in [-0.3, -0.25) is 0 Å². The molecule has 18 heavy (non-hydrogen) atoms. The Labute approximate surface area is 117 Å². The molecule has 0 aliphatic rings. The average Bonchev–Trinajstić information content (AvgIpc) is 2.29. The van der Waals surface area contributed by atoms with E-state index in [2.05, 4.69) is 20.8 Å². The summed E-state index contributed by atoms with van der Waals surface area (Å²) in [6.07, 6.45) is 6.52. The van der Waals surface area contributed by atoms with Gasteiger partial charge >= 0.3 is 118 Å². The fraction of sp³-hybridized carbons (Fsp3) is 1.00. The Balaban J connectivity index is 4.73. The van der Waals surface area contributed by atoms with Crippen LogP contribution >= 0.6 is 0 Å². The van der Waals surface area contributed by atoms with Gasteiger partial charge in [0.05, 0.1) is 0 Å². The minimum atomic E-state index is -4.35. The number of hydrogen-bond acceptors (Lipinski definition) is 4. The summed E-state index contributed by atoms with van der Waals surface area (Å²) in [5.74, 6) is 0. The molecule has 0 aliphatic heterocycles. The predicted octanol–water partition coefficient (Wildman–Crippen LogP) is 2.76. The summed E-state index contributed by atoms with van der Waals surface area (Å²) >= 11 is -3.02. The molecule has 0 spiro atoms. The van der Waals surface area contributed by atoms with Crippen LogP contribution in [0.2, 0.25) is 13.3 Å². The molecule has 0 saturated heterocycles. The van der Waals surface area contributed by atoms with Crippen LogP contribution in [0.15, 0.2) is 0 Å². The molecule has 0 aromatic carbocycles. The molecular formula is C12H30O4SiSn. The molecule has 0 radical (unpaired) electrons. The van der Waals surface area contributed by atoms with Crippen molar-refractivity contribution in [1.82, 2.24) is 0 Å². The molecule has 0 fully saturated rings. The Morgan fingerprint density at radius 1 is 0.778 bits per heavy atom. The first-order valence-corrected chi connectivity index (χ1v) is 16.2. The van der Waals surface area contributed by atoms with Gasteiger partial charge in [-0.15, -0.1) is 0 Å². The number of rotatable bonds is 11. The Bertz CT molecular complexity index is 187. The minimum absolute atomic E-state index is 1.00. The van der Waals surface area contributed by atoms with Crippen molar-refractivity contribution in [2.24, 2.45) is 0 Å². The molecule has 0 atom stereocenters. The van der Waals surface area contributed by atoms with Gasteiger partial charge in [0.2, 0.25) is 0 Å². The van der Waals surface area contributed by atoms with Crippen LogP contribution in [-0.4, -0.2) is 42.2 Å². The first-order chi connectivity index (χ1) is 8.39. The summed E-state index contributed by atoms with van der Waals surface area (Å²) < 4.78 is 8.55. The van der Waals surface area contributed by atoms with Gasteiger partial charge in [-0.2, -0.15) is 0 Å². The van der Waals surface area contributed by atoms with E-state index in [4.69, 9.17) is 2.76 Å². The van der Waals surface area contributed by atoms with Crippen LogP contribution in [0, 0.1) is 0 Å². The van der Waals surface area contributed by atoms with Gasteiger partial charge in [-0.05, 0) is 0 Å². The molecule has 3 N–H and O–H groups in total. The van der Waals surface area contributed by atoms with Crippen LogP contribution < -0.4 is 0 Å². The third kappa shape index (κ3) is 8.87. The normalized spacial score (nSPS) is 13.0. The van der Waals surface area contributed by atoms with Crippen molar-refractivity contribution in [1.29, 1.82) is 0 Å². The van der Waals surface area contributed by atoms with Crippen molar-refractivity contribution in [3.05, 3.63) is 0 Å². The third-order valence-electron chi connectivity index (χ3n) is 3.31. The Morgan fingerprint density at radius 3 is 1.33 bits per heavy atom. The van der Waals surface area contributed by atoms with E-state index in [1.165, 1.54) is 0 Å². The fourth-order valence-electron chi connectivity index (χ4n) is 2.32. The monoisotopic (exact) mass is 386 g/mol. The van der Waals surface area contributed by atoms with Crippen LogP contribution in [0.1, 0.15) is 59.3 Å². The van der Waals surface area contributed by atoms with Gasteiger partial charge in [0.15, 0.2) is 0 Å². The standard InChI is InChI=1S/3C4H9.H3O4Si.Sn/c3*1-3-4-2;1-5(2,3)4;/h3*1,3-4H2,2H3;1-3H;/q;;;-1;+1. The Kier molecular flexibility index (Phi) is 10.2. The van der Waals surface area contributed by atoms with Crippen LogP contribution in [0.3, 0.4) is 0 Å². The topological polar surface area (TPSA) is 69.9 Å².